The average Bonchev–Trinajstić information content (AvgIpc) is 2.40. The van der Waals surface area contributed by atoms with Gasteiger partial charge in [-0.2, -0.15) is 0 Å². The number of carbonyl (C=O) groups excluding carboxylic acids is 1. The van der Waals surface area contributed by atoms with Crippen molar-refractivity contribution in [1.29, 1.82) is 0 Å². The highest BCUT2D eigenvalue weighted by Crippen LogP contribution is 2.20. The van der Waals surface area contributed by atoms with Gasteiger partial charge in [0.05, 0.1) is 6.42 Å². The molecule has 1 aromatic rings. The molecule has 1 rings (SSSR count). The summed E-state index contributed by atoms with van der Waals surface area (Å²) in [5.74, 6) is -1.46. The van der Waals surface area contributed by atoms with Crippen LogP contribution in [0, 0.1) is 12.8 Å². The molecule has 1 aromatic carbocycles. The van der Waals surface area contributed by atoms with E-state index in [1.165, 1.54) is 0 Å². The Morgan fingerprint density at radius 1 is 1.40 bits per heavy atom. The summed E-state index contributed by atoms with van der Waals surface area (Å²) in [5, 5.41) is 12.3. The minimum atomic E-state index is -1.01. The van der Waals surface area contributed by atoms with Crippen LogP contribution in [0.1, 0.15) is 31.4 Å². The van der Waals surface area contributed by atoms with E-state index >= 15 is 0 Å². The molecule has 0 aromatic heterocycles. The van der Waals surface area contributed by atoms with Crippen molar-refractivity contribution >= 4 is 23.5 Å². The summed E-state index contributed by atoms with van der Waals surface area (Å²) in [4.78, 5) is 23.1. The topological polar surface area (TPSA) is 66.4 Å². The second-order valence-electron chi connectivity index (χ2n) is 4.99. The predicted molar refractivity (Wildman–Crippen MR) is 78.9 cm³/mol. The lowest BCUT2D eigenvalue weighted by atomic mass is 9.99. The molecule has 0 radical (unpaired) electrons. The predicted octanol–water partition coefficient (Wildman–Crippen LogP) is 2.81. The fourth-order valence-corrected chi connectivity index (χ4v) is 2.12. The van der Waals surface area contributed by atoms with Gasteiger partial charge in [0, 0.05) is 5.02 Å². The highest BCUT2D eigenvalue weighted by atomic mass is 35.5. The minimum absolute atomic E-state index is 0.0841. The molecule has 0 saturated heterocycles. The van der Waals surface area contributed by atoms with E-state index in [1.54, 1.807) is 13.0 Å². The third-order valence-corrected chi connectivity index (χ3v) is 3.96. The lowest BCUT2D eigenvalue weighted by Crippen LogP contribution is -2.45. The number of aliphatic carboxylic acids is 1. The van der Waals surface area contributed by atoms with Gasteiger partial charge in [-0.15, -0.1) is 0 Å². The summed E-state index contributed by atoms with van der Waals surface area (Å²) in [6, 6.07) is 4.60. The molecule has 2 atom stereocenters. The van der Waals surface area contributed by atoms with Crippen molar-refractivity contribution in [1.82, 2.24) is 5.32 Å². The molecule has 1 amide bonds. The van der Waals surface area contributed by atoms with Crippen molar-refractivity contribution in [2.24, 2.45) is 5.92 Å². The largest absolute Gasteiger partial charge is 0.480 e. The van der Waals surface area contributed by atoms with Crippen LogP contribution in [0.5, 0.6) is 0 Å². The zero-order chi connectivity index (χ0) is 15.3. The molecule has 0 spiro atoms. The van der Waals surface area contributed by atoms with E-state index in [9.17, 15) is 9.59 Å². The maximum atomic E-state index is 12.0. The average molecular weight is 298 g/mol. The first-order valence-electron chi connectivity index (χ1n) is 6.63. The van der Waals surface area contributed by atoms with E-state index < -0.39 is 12.0 Å². The second-order valence-corrected chi connectivity index (χ2v) is 5.37. The number of halogens is 1. The van der Waals surface area contributed by atoms with Crippen molar-refractivity contribution in [3.05, 3.63) is 34.3 Å². The number of carboxylic acid groups (broad SMARTS) is 1. The Bertz CT molecular complexity index is 502. The van der Waals surface area contributed by atoms with Crippen LogP contribution < -0.4 is 5.32 Å². The SMILES string of the molecule is CC[C@H](C)[C@H](NC(=O)Cc1cccc(C)c1Cl)C(=O)O. The molecular formula is C15H20ClNO3. The molecule has 0 heterocycles. The van der Waals surface area contributed by atoms with Crippen molar-refractivity contribution in [3.8, 4) is 0 Å². The second kappa shape index (κ2) is 7.29. The van der Waals surface area contributed by atoms with Crippen molar-refractivity contribution < 1.29 is 14.7 Å². The summed E-state index contributed by atoms with van der Waals surface area (Å²) in [7, 11) is 0. The van der Waals surface area contributed by atoms with E-state index in [1.807, 2.05) is 26.0 Å². The zero-order valence-electron chi connectivity index (χ0n) is 11.9. The molecule has 0 aliphatic carbocycles. The van der Waals surface area contributed by atoms with Gasteiger partial charge in [0.2, 0.25) is 5.91 Å². The number of aryl methyl sites for hydroxylation is 1. The standard InChI is InChI=1S/C15H20ClNO3/c1-4-9(2)14(15(19)20)17-12(18)8-11-7-5-6-10(3)13(11)16/h5-7,9,14H,4,8H2,1-3H3,(H,17,18)(H,19,20)/t9-,14-/m0/s1. The lowest BCUT2D eigenvalue weighted by Gasteiger charge is -2.20. The molecule has 20 heavy (non-hydrogen) atoms. The molecular weight excluding hydrogens is 278 g/mol. The minimum Gasteiger partial charge on any atom is -0.480 e. The van der Waals surface area contributed by atoms with E-state index in [0.717, 1.165) is 5.56 Å². The number of nitrogens with one attached hydrogen (secondary N) is 1. The molecule has 5 heteroatoms. The Hall–Kier alpha value is -1.55. The first-order chi connectivity index (χ1) is 9.36. The van der Waals surface area contributed by atoms with E-state index in [-0.39, 0.29) is 18.2 Å². The van der Waals surface area contributed by atoms with Gasteiger partial charge >= 0.3 is 5.97 Å². The van der Waals surface area contributed by atoms with Crippen LogP contribution in [0.15, 0.2) is 18.2 Å². The quantitative estimate of drug-likeness (QED) is 0.848. The zero-order valence-corrected chi connectivity index (χ0v) is 12.7. The molecule has 0 aliphatic heterocycles. The van der Waals surface area contributed by atoms with Crippen LogP contribution in [-0.4, -0.2) is 23.0 Å². The number of amides is 1. The number of carboxylic acids is 1. The number of benzene rings is 1. The van der Waals surface area contributed by atoms with Gasteiger partial charge in [0.15, 0.2) is 0 Å². The normalized spacial score (nSPS) is 13.6. The number of carbonyl (C=O) groups is 2. The fraction of sp³-hybridized carbons (Fsp3) is 0.467. The third-order valence-electron chi connectivity index (χ3n) is 3.42. The highest BCUT2D eigenvalue weighted by Gasteiger charge is 2.25. The van der Waals surface area contributed by atoms with E-state index in [4.69, 9.17) is 16.7 Å². The number of rotatable bonds is 6. The van der Waals surface area contributed by atoms with Crippen LogP contribution in [0.2, 0.25) is 5.02 Å². The summed E-state index contributed by atoms with van der Waals surface area (Å²) in [6.07, 6.45) is 0.767. The van der Waals surface area contributed by atoms with Gasteiger partial charge in [0.25, 0.3) is 0 Å². The summed E-state index contributed by atoms with van der Waals surface area (Å²) in [5.41, 5.74) is 1.60. The van der Waals surface area contributed by atoms with Gasteiger partial charge in [-0.1, -0.05) is 50.1 Å². The first-order valence-corrected chi connectivity index (χ1v) is 7.00. The van der Waals surface area contributed by atoms with Crippen LogP contribution in [0.25, 0.3) is 0 Å². The Kier molecular flexibility index (Phi) is 6.02. The van der Waals surface area contributed by atoms with Gasteiger partial charge in [-0.05, 0) is 24.0 Å². The van der Waals surface area contributed by atoms with Crippen molar-refractivity contribution in [2.45, 2.75) is 39.7 Å². The van der Waals surface area contributed by atoms with Crippen LogP contribution in [-0.2, 0) is 16.0 Å². The highest BCUT2D eigenvalue weighted by molar-refractivity contribution is 6.32. The number of hydrogen-bond donors (Lipinski definition) is 2. The monoisotopic (exact) mass is 297 g/mol. The number of hydrogen-bond acceptors (Lipinski definition) is 2. The van der Waals surface area contributed by atoms with Gasteiger partial charge in [-0.25, -0.2) is 4.79 Å². The lowest BCUT2D eigenvalue weighted by molar-refractivity contribution is -0.143. The molecule has 0 bridgehead atoms. The van der Waals surface area contributed by atoms with E-state index in [2.05, 4.69) is 5.32 Å². The summed E-state index contributed by atoms with van der Waals surface area (Å²) in [6.45, 7) is 5.56. The van der Waals surface area contributed by atoms with Crippen molar-refractivity contribution in [3.63, 3.8) is 0 Å². The van der Waals surface area contributed by atoms with Crippen LogP contribution >= 0.6 is 11.6 Å². The first kappa shape index (κ1) is 16.5. The Balaban J connectivity index is 2.76. The van der Waals surface area contributed by atoms with Crippen LogP contribution in [0.3, 0.4) is 0 Å². The van der Waals surface area contributed by atoms with Crippen molar-refractivity contribution in [2.75, 3.05) is 0 Å². The third kappa shape index (κ3) is 4.23. The molecule has 0 saturated carbocycles. The fourth-order valence-electron chi connectivity index (χ4n) is 1.93. The molecule has 2 N–H and O–H groups in total. The smallest absolute Gasteiger partial charge is 0.326 e. The van der Waals surface area contributed by atoms with Gasteiger partial charge in [-0.3, -0.25) is 4.79 Å². The van der Waals surface area contributed by atoms with Crippen LogP contribution in [0.4, 0.5) is 0 Å². The molecule has 0 aliphatic rings. The summed E-state index contributed by atoms with van der Waals surface area (Å²) >= 11 is 6.13. The Labute approximate surface area is 124 Å². The van der Waals surface area contributed by atoms with Gasteiger partial charge in [0.1, 0.15) is 6.04 Å². The Morgan fingerprint density at radius 2 is 2.05 bits per heavy atom. The molecule has 4 nitrogen and oxygen atoms in total. The van der Waals surface area contributed by atoms with Gasteiger partial charge < -0.3 is 10.4 Å². The van der Waals surface area contributed by atoms with E-state index in [0.29, 0.717) is 17.0 Å². The molecule has 110 valence electrons. The maximum absolute atomic E-state index is 12.0. The Morgan fingerprint density at radius 3 is 2.60 bits per heavy atom. The molecule has 0 unspecified atom stereocenters. The molecule has 0 fully saturated rings. The maximum Gasteiger partial charge on any atom is 0.326 e. The summed E-state index contributed by atoms with van der Waals surface area (Å²) < 4.78 is 0.